The van der Waals surface area contributed by atoms with Crippen LogP contribution in [0.2, 0.25) is 5.15 Å². The molecule has 1 aliphatic rings. The van der Waals surface area contributed by atoms with Crippen LogP contribution in [0.15, 0.2) is 29.8 Å². The standard InChI is InChI=1S/C13H16ClN5O2S/c1-18-11(14)8-17-13(18)22(20,21)19-7-2-4-10(9-19)12-15-5-3-6-16-12/h3,5-6,8,10H,2,4,7,9H2,1H3. The van der Waals surface area contributed by atoms with E-state index in [4.69, 9.17) is 11.6 Å². The van der Waals surface area contributed by atoms with Crippen molar-refractivity contribution in [3.63, 3.8) is 0 Å². The Hall–Kier alpha value is -1.51. The minimum Gasteiger partial charge on any atom is -0.308 e. The lowest BCUT2D eigenvalue weighted by Gasteiger charge is -2.30. The topological polar surface area (TPSA) is 81.0 Å². The van der Waals surface area contributed by atoms with Gasteiger partial charge in [0.1, 0.15) is 11.0 Å². The van der Waals surface area contributed by atoms with Crippen LogP contribution in [-0.4, -0.2) is 45.3 Å². The summed E-state index contributed by atoms with van der Waals surface area (Å²) < 4.78 is 28.3. The highest BCUT2D eigenvalue weighted by molar-refractivity contribution is 7.89. The Morgan fingerprint density at radius 1 is 1.27 bits per heavy atom. The maximum Gasteiger partial charge on any atom is 0.277 e. The molecule has 22 heavy (non-hydrogen) atoms. The quantitative estimate of drug-likeness (QED) is 0.843. The van der Waals surface area contributed by atoms with Gasteiger partial charge in [-0.05, 0) is 18.9 Å². The van der Waals surface area contributed by atoms with Crippen LogP contribution < -0.4 is 0 Å². The minimum atomic E-state index is -3.67. The Bertz CT molecular complexity index is 762. The van der Waals surface area contributed by atoms with E-state index in [-0.39, 0.29) is 11.1 Å². The van der Waals surface area contributed by atoms with Crippen LogP contribution >= 0.6 is 11.6 Å². The minimum absolute atomic E-state index is 0.000431. The van der Waals surface area contributed by atoms with Gasteiger partial charge in [-0.15, -0.1) is 0 Å². The molecule has 2 aromatic rings. The number of piperidine rings is 1. The Kier molecular flexibility index (Phi) is 4.16. The van der Waals surface area contributed by atoms with Crippen molar-refractivity contribution in [2.75, 3.05) is 13.1 Å². The monoisotopic (exact) mass is 341 g/mol. The summed E-state index contributed by atoms with van der Waals surface area (Å²) in [6.07, 6.45) is 6.33. The van der Waals surface area contributed by atoms with Gasteiger partial charge in [-0.25, -0.2) is 23.4 Å². The summed E-state index contributed by atoms with van der Waals surface area (Å²) in [6, 6.07) is 1.75. The van der Waals surface area contributed by atoms with Crippen molar-refractivity contribution >= 4 is 21.6 Å². The summed E-state index contributed by atoms with van der Waals surface area (Å²) in [5.41, 5.74) is 0. The highest BCUT2D eigenvalue weighted by Crippen LogP contribution is 2.28. The van der Waals surface area contributed by atoms with Gasteiger partial charge in [0.05, 0.1) is 6.20 Å². The first-order valence-electron chi connectivity index (χ1n) is 6.94. The van der Waals surface area contributed by atoms with Crippen LogP contribution in [0.4, 0.5) is 0 Å². The molecule has 0 N–H and O–H groups in total. The molecule has 3 heterocycles. The van der Waals surface area contributed by atoms with Gasteiger partial charge in [0.15, 0.2) is 0 Å². The molecule has 3 rings (SSSR count). The lowest BCUT2D eigenvalue weighted by molar-refractivity contribution is 0.306. The van der Waals surface area contributed by atoms with E-state index in [1.165, 1.54) is 15.1 Å². The number of sulfonamides is 1. The lowest BCUT2D eigenvalue weighted by atomic mass is 9.99. The second kappa shape index (κ2) is 5.94. The van der Waals surface area contributed by atoms with Crippen molar-refractivity contribution in [3.8, 4) is 0 Å². The van der Waals surface area contributed by atoms with E-state index < -0.39 is 10.0 Å². The van der Waals surface area contributed by atoms with Gasteiger partial charge in [-0.2, -0.15) is 4.31 Å². The Balaban J connectivity index is 1.87. The van der Waals surface area contributed by atoms with Crippen LogP contribution in [0.25, 0.3) is 0 Å². The summed E-state index contributed by atoms with van der Waals surface area (Å²) in [4.78, 5) is 12.4. The molecule has 9 heteroatoms. The highest BCUT2D eigenvalue weighted by Gasteiger charge is 2.34. The third-order valence-electron chi connectivity index (χ3n) is 3.79. The van der Waals surface area contributed by atoms with Gasteiger partial charge >= 0.3 is 0 Å². The van der Waals surface area contributed by atoms with E-state index in [1.807, 2.05) is 0 Å². The molecular formula is C13H16ClN5O2S. The van der Waals surface area contributed by atoms with Crippen molar-refractivity contribution in [2.45, 2.75) is 23.9 Å². The number of imidazole rings is 1. The van der Waals surface area contributed by atoms with Gasteiger partial charge in [0, 0.05) is 38.4 Å². The summed E-state index contributed by atoms with van der Waals surface area (Å²) in [7, 11) is -2.08. The Morgan fingerprint density at radius 3 is 2.64 bits per heavy atom. The molecule has 1 saturated heterocycles. The predicted octanol–water partition coefficient (Wildman–Crippen LogP) is 1.43. The fraction of sp³-hybridized carbons (Fsp3) is 0.462. The number of aromatic nitrogens is 4. The van der Waals surface area contributed by atoms with Crippen molar-refractivity contribution in [2.24, 2.45) is 7.05 Å². The molecule has 0 amide bonds. The van der Waals surface area contributed by atoms with Crippen LogP contribution in [0.5, 0.6) is 0 Å². The zero-order valence-corrected chi connectivity index (χ0v) is 13.6. The molecular weight excluding hydrogens is 326 g/mol. The molecule has 0 saturated carbocycles. The Morgan fingerprint density at radius 2 is 2.00 bits per heavy atom. The molecule has 0 aromatic carbocycles. The van der Waals surface area contributed by atoms with Gasteiger partial charge in [-0.1, -0.05) is 11.6 Å². The first-order valence-corrected chi connectivity index (χ1v) is 8.76. The first-order chi connectivity index (χ1) is 10.5. The smallest absolute Gasteiger partial charge is 0.277 e. The van der Waals surface area contributed by atoms with Crippen molar-refractivity contribution < 1.29 is 8.42 Å². The van der Waals surface area contributed by atoms with E-state index in [1.54, 1.807) is 25.5 Å². The van der Waals surface area contributed by atoms with E-state index >= 15 is 0 Å². The zero-order chi connectivity index (χ0) is 15.7. The number of hydrogen-bond donors (Lipinski definition) is 0. The van der Waals surface area contributed by atoms with Crippen molar-refractivity contribution in [1.29, 1.82) is 0 Å². The zero-order valence-electron chi connectivity index (χ0n) is 12.1. The van der Waals surface area contributed by atoms with Gasteiger partial charge in [0.25, 0.3) is 10.0 Å². The molecule has 0 bridgehead atoms. The summed E-state index contributed by atoms with van der Waals surface area (Å²) in [5, 5.41) is 0.255. The number of hydrogen-bond acceptors (Lipinski definition) is 5. The SMILES string of the molecule is Cn1c(Cl)cnc1S(=O)(=O)N1CCCC(c2ncccn2)C1. The van der Waals surface area contributed by atoms with Gasteiger partial charge in [0.2, 0.25) is 5.16 Å². The molecule has 1 unspecified atom stereocenters. The van der Waals surface area contributed by atoms with E-state index in [0.29, 0.717) is 24.1 Å². The second-order valence-electron chi connectivity index (χ2n) is 5.23. The van der Waals surface area contributed by atoms with Gasteiger partial charge in [-0.3, -0.25) is 0 Å². The first kappa shape index (κ1) is 15.4. The molecule has 0 radical (unpaired) electrons. The van der Waals surface area contributed by atoms with E-state index in [0.717, 1.165) is 12.8 Å². The number of nitrogens with zero attached hydrogens (tertiary/aromatic N) is 5. The fourth-order valence-corrected chi connectivity index (χ4v) is 4.41. The van der Waals surface area contributed by atoms with Crippen LogP contribution in [0, 0.1) is 0 Å². The molecule has 118 valence electrons. The number of halogens is 1. The van der Waals surface area contributed by atoms with Gasteiger partial charge < -0.3 is 4.57 Å². The van der Waals surface area contributed by atoms with Crippen LogP contribution in [0.3, 0.4) is 0 Å². The van der Waals surface area contributed by atoms with Crippen molar-refractivity contribution in [3.05, 3.63) is 35.6 Å². The predicted molar refractivity (Wildman–Crippen MR) is 81.0 cm³/mol. The molecule has 1 aliphatic heterocycles. The van der Waals surface area contributed by atoms with Crippen LogP contribution in [0.1, 0.15) is 24.6 Å². The van der Waals surface area contributed by atoms with Crippen LogP contribution in [-0.2, 0) is 17.1 Å². The van der Waals surface area contributed by atoms with E-state index in [2.05, 4.69) is 15.0 Å². The molecule has 1 atom stereocenters. The number of rotatable bonds is 3. The third kappa shape index (κ3) is 2.73. The second-order valence-corrected chi connectivity index (χ2v) is 7.45. The molecule has 0 aliphatic carbocycles. The maximum atomic E-state index is 12.7. The maximum absolute atomic E-state index is 12.7. The summed E-state index contributed by atoms with van der Waals surface area (Å²) in [6.45, 7) is 0.826. The van der Waals surface area contributed by atoms with Crippen molar-refractivity contribution in [1.82, 2.24) is 23.8 Å². The molecule has 2 aromatic heterocycles. The van der Waals surface area contributed by atoms with E-state index in [9.17, 15) is 8.42 Å². The summed E-state index contributed by atoms with van der Waals surface area (Å²) >= 11 is 5.90. The average Bonchev–Trinajstić information content (AvgIpc) is 2.88. The summed E-state index contributed by atoms with van der Waals surface area (Å²) in [5.74, 6) is 0.681. The largest absolute Gasteiger partial charge is 0.308 e. The fourth-order valence-electron chi connectivity index (χ4n) is 2.62. The normalized spacial score (nSPS) is 20.2. The highest BCUT2D eigenvalue weighted by atomic mass is 35.5. The molecule has 7 nitrogen and oxygen atoms in total. The Labute approximate surface area is 134 Å². The molecule has 0 spiro atoms. The third-order valence-corrected chi connectivity index (χ3v) is 6.00. The molecule has 1 fully saturated rings. The average molecular weight is 342 g/mol. The lowest BCUT2D eigenvalue weighted by Crippen LogP contribution is -2.40.